The third-order valence-electron chi connectivity index (χ3n) is 10.7. The van der Waals surface area contributed by atoms with E-state index in [1.165, 1.54) is 6.26 Å². The molecule has 0 amide bonds. The van der Waals surface area contributed by atoms with E-state index in [1.807, 2.05) is 98.8 Å². The van der Waals surface area contributed by atoms with Crippen molar-refractivity contribution in [2.45, 2.75) is 26.9 Å². The van der Waals surface area contributed by atoms with Gasteiger partial charge in [-0.05, 0) is 110 Å². The first-order valence-corrected chi connectivity index (χ1v) is 20.4. The minimum absolute atomic E-state index is 0.0187. The summed E-state index contributed by atoms with van der Waals surface area (Å²) in [4.78, 5) is 35.4. The first-order valence-electron chi connectivity index (χ1n) is 19.6. The van der Waals surface area contributed by atoms with Gasteiger partial charge in [-0.15, -0.1) is 10.2 Å². The van der Waals surface area contributed by atoms with Gasteiger partial charge in [0.2, 0.25) is 0 Å². The minimum Gasteiger partial charge on any atom is -0.497 e. The Morgan fingerprint density at radius 1 is 0.651 bits per heavy atom. The zero-order chi connectivity index (χ0) is 43.8. The van der Waals surface area contributed by atoms with Crippen LogP contribution in [0.3, 0.4) is 0 Å². The van der Waals surface area contributed by atoms with Crippen molar-refractivity contribution in [2.75, 3.05) is 14.2 Å². The summed E-state index contributed by atoms with van der Waals surface area (Å²) in [5.74, 6) is 1.14. The number of ketones is 2. The molecule has 0 fully saturated rings. The zero-order valence-corrected chi connectivity index (χ0v) is 35.8. The number of hydrogen-bond donors (Lipinski definition) is 0. The highest BCUT2D eigenvalue weighted by atomic mass is 35.5. The van der Waals surface area contributed by atoms with Crippen molar-refractivity contribution >= 4 is 67.8 Å². The maximum Gasteiger partial charge on any atom is 0.289 e. The van der Waals surface area contributed by atoms with Gasteiger partial charge < -0.3 is 31.9 Å². The number of methoxy groups -OCH3 is 2. The second-order valence-corrected chi connectivity index (χ2v) is 15.4. The fourth-order valence-corrected chi connectivity index (χ4v) is 7.85. The third-order valence-corrected chi connectivity index (χ3v) is 11.2. The van der Waals surface area contributed by atoms with Crippen LogP contribution in [0.2, 0.25) is 10.0 Å². The van der Waals surface area contributed by atoms with Gasteiger partial charge in [-0.2, -0.15) is 4.98 Å². The molecular weight excluding hydrogens is 843 g/mol. The SMILES string of the molecule is COc1ccc2c(c1)c(C(=O)c1nc3ncccc3o1)c(C)n2Cc1ccc(Cl)cc1.COc1ccc2c(c1)c(C(=O)c1nnc(-c3ccco3)o1)c(C)n2Cc1ccc(Cl)cc1. The van der Waals surface area contributed by atoms with Crippen molar-refractivity contribution < 1.29 is 32.3 Å². The molecule has 0 radical (unpaired) electrons. The Morgan fingerprint density at radius 2 is 1.21 bits per heavy atom. The van der Waals surface area contributed by atoms with E-state index >= 15 is 0 Å². The summed E-state index contributed by atoms with van der Waals surface area (Å²) >= 11 is 12.1. The molecular formula is C48H36Cl2N6O7. The number of rotatable bonds is 11. The van der Waals surface area contributed by atoms with E-state index in [2.05, 4.69) is 29.3 Å². The van der Waals surface area contributed by atoms with Crippen molar-refractivity contribution in [1.82, 2.24) is 29.3 Å². The first kappa shape index (κ1) is 40.9. The van der Waals surface area contributed by atoms with Crippen molar-refractivity contribution in [3.63, 3.8) is 0 Å². The smallest absolute Gasteiger partial charge is 0.289 e. The Bertz CT molecular complexity index is 3260. The largest absolute Gasteiger partial charge is 0.497 e. The number of ether oxygens (including phenoxy) is 2. The molecule has 10 aromatic rings. The van der Waals surface area contributed by atoms with Crippen LogP contribution in [-0.4, -0.2) is 55.1 Å². The second kappa shape index (κ2) is 17.1. The van der Waals surface area contributed by atoms with Crippen LogP contribution in [0.4, 0.5) is 0 Å². The normalized spacial score (nSPS) is 11.3. The highest BCUT2D eigenvalue weighted by Crippen LogP contribution is 2.34. The van der Waals surface area contributed by atoms with E-state index in [0.717, 1.165) is 44.3 Å². The van der Waals surface area contributed by atoms with E-state index in [-0.39, 0.29) is 29.2 Å². The topological polar surface area (TPSA) is 153 Å². The molecule has 13 nitrogen and oxygen atoms in total. The number of carbonyl (C=O) groups is 2. The molecule has 0 N–H and O–H groups in total. The molecule has 0 bridgehead atoms. The lowest BCUT2D eigenvalue weighted by Crippen LogP contribution is -2.06. The molecule has 4 aromatic carbocycles. The fraction of sp³-hybridized carbons (Fsp3) is 0.125. The summed E-state index contributed by atoms with van der Waals surface area (Å²) in [5.41, 5.74) is 7.46. The molecule has 314 valence electrons. The highest BCUT2D eigenvalue weighted by Gasteiger charge is 2.28. The Kier molecular flexibility index (Phi) is 11.1. The quantitative estimate of drug-likeness (QED) is 0.114. The Labute approximate surface area is 369 Å². The summed E-state index contributed by atoms with van der Waals surface area (Å²) in [6.07, 6.45) is 3.12. The number of carbonyl (C=O) groups excluding carboxylic acids is 2. The predicted octanol–water partition coefficient (Wildman–Crippen LogP) is 11.0. The molecule has 10 rings (SSSR count). The van der Waals surface area contributed by atoms with Gasteiger partial charge >= 0.3 is 0 Å². The Balaban J connectivity index is 0.000000160. The summed E-state index contributed by atoms with van der Waals surface area (Å²) in [5, 5.41) is 10.8. The number of aromatic nitrogens is 6. The number of furan rings is 1. The van der Waals surface area contributed by atoms with Crippen LogP contribution in [0.15, 0.2) is 135 Å². The Hall–Kier alpha value is -7.48. The van der Waals surface area contributed by atoms with Gasteiger partial charge in [-0.1, -0.05) is 47.5 Å². The molecule has 0 saturated carbocycles. The molecule has 0 aliphatic heterocycles. The van der Waals surface area contributed by atoms with E-state index in [1.54, 1.807) is 44.7 Å². The number of nitrogens with zero attached hydrogens (tertiary/aromatic N) is 6. The lowest BCUT2D eigenvalue weighted by Gasteiger charge is -2.09. The van der Waals surface area contributed by atoms with Gasteiger partial charge in [0.05, 0.1) is 31.6 Å². The monoisotopic (exact) mass is 878 g/mol. The standard InChI is InChI=1S/C24H18ClN3O4.C24H18ClN3O3/c1-14-21(22(29)24-27-26-23(32-24)20-4-3-11-31-20)18-12-17(30-2)9-10-19(18)28(14)13-15-5-7-16(25)8-6-15;1-14-21(22(29)24-27-23-20(31-24)4-3-11-26-23)18-12-17(30-2)9-10-19(18)28(14)13-15-5-7-16(25)8-6-15/h3-12H,13H2,1-2H3;3-12H,13H2,1-2H3. The van der Waals surface area contributed by atoms with Gasteiger partial charge in [0.1, 0.15) is 11.5 Å². The molecule has 0 spiro atoms. The van der Waals surface area contributed by atoms with E-state index in [9.17, 15) is 9.59 Å². The number of pyridine rings is 1. The summed E-state index contributed by atoms with van der Waals surface area (Å²) in [6, 6.07) is 33.6. The maximum atomic E-state index is 13.5. The van der Waals surface area contributed by atoms with Crippen LogP contribution < -0.4 is 9.47 Å². The van der Waals surface area contributed by atoms with Gasteiger partial charge in [0.15, 0.2) is 17.0 Å². The van der Waals surface area contributed by atoms with E-state index in [4.69, 9.17) is 45.9 Å². The van der Waals surface area contributed by atoms with Crippen molar-refractivity contribution in [1.29, 1.82) is 0 Å². The van der Waals surface area contributed by atoms with Gasteiger partial charge in [0, 0.05) is 62.5 Å². The van der Waals surface area contributed by atoms with Crippen LogP contribution in [0.5, 0.6) is 11.5 Å². The lowest BCUT2D eigenvalue weighted by atomic mass is 10.1. The van der Waals surface area contributed by atoms with Crippen molar-refractivity contribution in [3.05, 3.63) is 177 Å². The number of hydrogen-bond acceptors (Lipinski definition) is 11. The van der Waals surface area contributed by atoms with E-state index in [0.29, 0.717) is 62.8 Å². The van der Waals surface area contributed by atoms with Gasteiger partial charge in [-0.25, -0.2) is 4.98 Å². The lowest BCUT2D eigenvalue weighted by molar-refractivity contribution is 0.0997. The molecule has 63 heavy (non-hydrogen) atoms. The number of halogens is 2. The summed E-state index contributed by atoms with van der Waals surface area (Å²) in [6.45, 7) is 4.99. The molecule has 0 aliphatic carbocycles. The highest BCUT2D eigenvalue weighted by molar-refractivity contribution is 6.30. The van der Waals surface area contributed by atoms with Crippen LogP contribution >= 0.6 is 23.2 Å². The average Bonchev–Trinajstić information content (AvgIpc) is 4.16. The Morgan fingerprint density at radius 3 is 1.71 bits per heavy atom. The molecule has 15 heteroatoms. The van der Waals surface area contributed by atoms with E-state index < -0.39 is 0 Å². The molecule has 0 aliphatic rings. The van der Waals surface area contributed by atoms with Gasteiger partial charge in [-0.3, -0.25) is 9.59 Å². The second-order valence-electron chi connectivity index (χ2n) is 14.5. The van der Waals surface area contributed by atoms with Crippen LogP contribution in [0.1, 0.15) is 55.0 Å². The average molecular weight is 880 g/mol. The molecule has 6 heterocycles. The van der Waals surface area contributed by atoms with Gasteiger partial charge in [0.25, 0.3) is 29.2 Å². The molecule has 0 atom stereocenters. The van der Waals surface area contributed by atoms with Crippen molar-refractivity contribution in [3.8, 4) is 23.1 Å². The number of benzene rings is 4. The molecule has 6 aromatic heterocycles. The summed E-state index contributed by atoms with van der Waals surface area (Å²) in [7, 11) is 3.20. The zero-order valence-electron chi connectivity index (χ0n) is 34.3. The fourth-order valence-electron chi connectivity index (χ4n) is 7.60. The first-order chi connectivity index (χ1) is 30.6. The number of oxazole rings is 1. The van der Waals surface area contributed by atoms with Crippen LogP contribution in [0, 0.1) is 13.8 Å². The number of fused-ring (bicyclic) bond motifs is 3. The summed E-state index contributed by atoms with van der Waals surface area (Å²) < 4.78 is 31.6. The van der Waals surface area contributed by atoms with Crippen LogP contribution in [-0.2, 0) is 13.1 Å². The third kappa shape index (κ3) is 7.95. The molecule has 0 unspecified atom stereocenters. The van der Waals surface area contributed by atoms with Crippen molar-refractivity contribution in [2.24, 2.45) is 0 Å². The minimum atomic E-state index is -0.360. The predicted molar refractivity (Wildman–Crippen MR) is 238 cm³/mol. The molecule has 0 saturated heterocycles. The van der Waals surface area contributed by atoms with Crippen LogP contribution in [0.25, 0.3) is 44.7 Å². The maximum absolute atomic E-state index is 13.5.